The van der Waals surface area contributed by atoms with Crippen LogP contribution in [-0.2, 0) is 55.9 Å². The number of carboxylic acid groups (broad SMARTS) is 1. The fourth-order valence-electron chi connectivity index (χ4n) is 11.6. The Morgan fingerprint density at radius 1 is 0.612 bits per heavy atom. The van der Waals surface area contributed by atoms with E-state index in [-0.39, 0.29) is 73.1 Å². The monoisotopic (exact) mass is 1180 g/mol. The fourth-order valence-corrected chi connectivity index (χ4v) is 11.6. The molecule has 2 saturated heterocycles. The maximum Gasteiger partial charge on any atom is 0.309 e. The van der Waals surface area contributed by atoms with Gasteiger partial charge in [0.1, 0.15) is 28.5 Å². The van der Waals surface area contributed by atoms with E-state index in [1.165, 1.54) is 11.1 Å². The van der Waals surface area contributed by atoms with Crippen LogP contribution in [0.3, 0.4) is 0 Å². The third-order valence-electron chi connectivity index (χ3n) is 18.2. The number of rotatable bonds is 27. The van der Waals surface area contributed by atoms with E-state index < -0.39 is 52.0 Å². The molecule has 8 N–H and O–H groups in total. The van der Waals surface area contributed by atoms with Gasteiger partial charge in [0.2, 0.25) is 17.7 Å². The van der Waals surface area contributed by atoms with Crippen LogP contribution in [0.2, 0.25) is 0 Å². The largest absolute Gasteiger partial charge is 0.497 e. The van der Waals surface area contributed by atoms with Crippen molar-refractivity contribution in [2.75, 3.05) is 27.4 Å². The highest BCUT2D eigenvalue weighted by atomic mass is 16.6. The number of methoxy groups -OCH3 is 2. The molecule has 85 heavy (non-hydrogen) atoms. The van der Waals surface area contributed by atoms with Crippen molar-refractivity contribution >= 4 is 41.0 Å². The average molecular weight is 1190 g/mol. The summed E-state index contributed by atoms with van der Waals surface area (Å²) in [5.41, 5.74) is 7.38. The van der Waals surface area contributed by atoms with E-state index in [0.717, 1.165) is 61.2 Å². The van der Waals surface area contributed by atoms with E-state index in [1.807, 2.05) is 62.4 Å². The van der Waals surface area contributed by atoms with Gasteiger partial charge in [0, 0.05) is 29.7 Å². The quantitative estimate of drug-likeness (QED) is 0.0326. The van der Waals surface area contributed by atoms with E-state index in [4.69, 9.17) is 34.9 Å². The number of amides is 3. The number of epoxide rings is 2. The molecular weight excluding hydrogens is 1080 g/mol. The van der Waals surface area contributed by atoms with Crippen molar-refractivity contribution in [2.45, 2.75) is 231 Å². The smallest absolute Gasteiger partial charge is 0.309 e. The molecule has 4 fully saturated rings. The zero-order valence-corrected chi connectivity index (χ0v) is 51.1. The van der Waals surface area contributed by atoms with Crippen molar-refractivity contribution < 1.29 is 67.8 Å². The van der Waals surface area contributed by atoms with E-state index in [9.17, 15) is 38.7 Å². The van der Waals surface area contributed by atoms with Crippen LogP contribution in [0.5, 0.6) is 11.5 Å². The number of ketones is 3. The standard InChI is InChI=1S/C33H48N2O6.C25H34N2O5.C8H14O3.CH4/c1-22(34-31(39)32(2)17-15-26(36)16-18-32)9-12-25(19-24-10-13-27(40-4)14-11-24)30(38)35-28(20-23-7-5-6-8-23)29(37)33(3)21-41-33;1-16(26)22(28)14-19(12-18-8-10-20(31-3)11-9-18)24(30)27-21(13-17-6-4-5-7-17)23(29)25(2)15-32-25;1-8(7(10)11)4-2-6(9)3-5-8;/h7,10-11,13-14,22,25-26,28,36H,5-6,8-9,12,15-21H2,1-4H3,(H,34,39)(H,35,38);6,8-11,16,19,21H,4-5,7,12-15,26H2,1-3H3,(H,27,30);6,9H,2-5H2,1H3,(H,10,11);1H4/t22-,25+,26?,28+,32?,33-;16-,19-,21+,25-;;/m11../s1. The van der Waals surface area contributed by atoms with E-state index in [1.54, 1.807) is 41.9 Å². The number of ether oxygens (including phenoxy) is 4. The first-order valence-electron chi connectivity index (χ1n) is 30.6. The molecule has 3 amide bonds. The molecule has 2 saturated carbocycles. The summed E-state index contributed by atoms with van der Waals surface area (Å²) < 4.78 is 21.3. The molecule has 2 heterocycles. The molecule has 8 atom stereocenters. The third kappa shape index (κ3) is 21.0. The summed E-state index contributed by atoms with van der Waals surface area (Å²) in [5, 5.41) is 37.0. The van der Waals surface area contributed by atoms with Crippen LogP contribution in [0.25, 0.3) is 0 Å². The summed E-state index contributed by atoms with van der Waals surface area (Å²) in [6, 6.07) is 13.1. The average Bonchev–Trinajstić information content (AvgIpc) is 2.66. The molecule has 0 unspecified atom stereocenters. The Kier molecular flexibility index (Phi) is 26.1. The zero-order chi connectivity index (χ0) is 61.4. The molecule has 2 aromatic rings. The molecule has 472 valence electrons. The minimum absolute atomic E-state index is 0. The number of allylic oxidation sites excluding steroid dienone is 2. The van der Waals surface area contributed by atoms with Crippen molar-refractivity contribution in [2.24, 2.45) is 28.4 Å². The summed E-state index contributed by atoms with van der Waals surface area (Å²) in [6.45, 7) is 11.6. The van der Waals surface area contributed by atoms with E-state index in [0.29, 0.717) is 103 Å². The van der Waals surface area contributed by atoms with Gasteiger partial charge in [-0.15, -0.1) is 0 Å². The number of carboxylic acids is 1. The number of carbonyl (C=O) groups is 7. The minimum Gasteiger partial charge on any atom is -0.497 e. The SMILES string of the molecule is C.CC1(C(=O)O)CCC(O)CC1.COc1ccc(C[C@H](CC(=O)[C@@H](C)N)C(=O)N[C@@H](CC2=CCCC2)C(=O)[C@@]2(C)CO2)cc1.COc1ccc(C[C@H](CC[C@@H](C)NC(=O)C2(C)CCC(O)CC2)C(=O)N[C@@H](CC2=CCCC2)C(=O)[C@@]2(C)CO2)cc1. The van der Waals surface area contributed by atoms with Gasteiger partial charge in [-0.3, -0.25) is 33.6 Å². The van der Waals surface area contributed by atoms with Gasteiger partial charge in [0.25, 0.3) is 0 Å². The highest BCUT2D eigenvalue weighted by Gasteiger charge is 2.51. The Labute approximate surface area is 504 Å². The van der Waals surface area contributed by atoms with Gasteiger partial charge in [0.05, 0.1) is 63.2 Å². The zero-order valence-electron chi connectivity index (χ0n) is 51.1. The molecule has 8 rings (SSSR count). The number of benzene rings is 2. The number of nitrogens with two attached hydrogens (primary N) is 1. The number of carbonyl (C=O) groups excluding carboxylic acids is 6. The summed E-state index contributed by atoms with van der Waals surface area (Å²) in [6.07, 6.45) is 18.0. The van der Waals surface area contributed by atoms with Crippen LogP contribution in [0.4, 0.5) is 0 Å². The second-order valence-electron chi connectivity index (χ2n) is 25.6. The second kappa shape index (κ2) is 31.7. The summed E-state index contributed by atoms with van der Waals surface area (Å²) in [5.74, 6) is -1.05. The van der Waals surface area contributed by atoms with Crippen LogP contribution < -0.4 is 31.2 Å². The number of aliphatic hydroxyl groups is 2. The Morgan fingerprint density at radius 2 is 1.01 bits per heavy atom. The fraction of sp³-hybridized carbons (Fsp3) is 0.657. The topological polar surface area (TPSA) is 286 Å². The highest BCUT2D eigenvalue weighted by molar-refractivity contribution is 5.98. The molecule has 0 radical (unpaired) electrons. The Balaban J connectivity index is 0.000000266. The Morgan fingerprint density at radius 3 is 1.38 bits per heavy atom. The van der Waals surface area contributed by atoms with Gasteiger partial charge in [-0.1, -0.05) is 61.9 Å². The molecule has 0 spiro atoms. The first-order valence-corrected chi connectivity index (χ1v) is 30.6. The molecule has 4 aliphatic carbocycles. The van der Waals surface area contributed by atoms with Crippen molar-refractivity contribution in [3.8, 4) is 11.5 Å². The number of nitrogens with one attached hydrogen (secondary N) is 3. The van der Waals surface area contributed by atoms with Gasteiger partial charge < -0.3 is 56.0 Å². The highest BCUT2D eigenvalue weighted by Crippen LogP contribution is 2.38. The summed E-state index contributed by atoms with van der Waals surface area (Å²) in [7, 11) is 3.21. The maximum absolute atomic E-state index is 13.8. The van der Waals surface area contributed by atoms with Crippen LogP contribution >= 0.6 is 0 Å². The van der Waals surface area contributed by atoms with Gasteiger partial charge in [0.15, 0.2) is 11.6 Å². The molecule has 18 nitrogen and oxygen atoms in total. The molecular formula is C67H100N4O14. The van der Waals surface area contributed by atoms with Gasteiger partial charge >= 0.3 is 5.97 Å². The van der Waals surface area contributed by atoms with Gasteiger partial charge in [-0.25, -0.2) is 0 Å². The van der Waals surface area contributed by atoms with Crippen molar-refractivity contribution in [3.63, 3.8) is 0 Å². The minimum atomic E-state index is -0.829. The van der Waals surface area contributed by atoms with Crippen molar-refractivity contribution in [1.29, 1.82) is 0 Å². The van der Waals surface area contributed by atoms with Crippen LogP contribution in [0, 0.1) is 22.7 Å². The van der Waals surface area contributed by atoms with Crippen LogP contribution in [-0.4, -0.2) is 131 Å². The van der Waals surface area contributed by atoms with Crippen molar-refractivity contribution in [1.82, 2.24) is 16.0 Å². The molecule has 0 aromatic heterocycles. The number of hydrogen-bond donors (Lipinski definition) is 7. The molecule has 2 aliphatic heterocycles. The molecule has 0 bridgehead atoms. The summed E-state index contributed by atoms with van der Waals surface area (Å²) in [4.78, 5) is 89.8. The number of hydrogen-bond acceptors (Lipinski definition) is 14. The predicted molar refractivity (Wildman–Crippen MR) is 326 cm³/mol. The Bertz CT molecular complexity index is 2620. The lowest BCUT2D eigenvalue weighted by Gasteiger charge is -2.35. The van der Waals surface area contributed by atoms with Gasteiger partial charge in [-0.05, 0) is 198 Å². The van der Waals surface area contributed by atoms with Crippen LogP contribution in [0.15, 0.2) is 71.8 Å². The summed E-state index contributed by atoms with van der Waals surface area (Å²) >= 11 is 0. The Hall–Kier alpha value is -5.79. The molecule has 2 aromatic carbocycles. The number of aliphatic hydroxyl groups excluding tert-OH is 2. The van der Waals surface area contributed by atoms with Crippen molar-refractivity contribution in [3.05, 3.63) is 83.0 Å². The predicted octanol–water partition coefficient (Wildman–Crippen LogP) is 8.58. The second-order valence-corrected chi connectivity index (χ2v) is 25.6. The molecule has 18 heteroatoms. The van der Waals surface area contributed by atoms with Gasteiger partial charge in [-0.2, -0.15) is 0 Å². The third-order valence-corrected chi connectivity index (χ3v) is 18.2. The van der Waals surface area contributed by atoms with Crippen LogP contribution in [0.1, 0.15) is 182 Å². The van der Waals surface area contributed by atoms with E-state index >= 15 is 0 Å². The normalized spacial score (nSPS) is 26.8. The first-order chi connectivity index (χ1) is 39.8. The molecule has 6 aliphatic rings. The first kappa shape index (κ1) is 70.0. The lowest BCUT2D eigenvalue weighted by atomic mass is 9.74. The van der Waals surface area contributed by atoms with E-state index in [2.05, 4.69) is 28.1 Å². The maximum atomic E-state index is 13.8. The number of aliphatic carboxylic acids is 1. The lowest BCUT2D eigenvalue weighted by Crippen LogP contribution is -2.49. The lowest BCUT2D eigenvalue weighted by molar-refractivity contribution is -0.151. The number of Topliss-reactive ketones (excluding diaryl/α,β-unsaturated/α-hetero) is 3.